The maximum atomic E-state index is 12.7. The molecule has 1 heterocycles. The number of amides is 2. The number of esters is 1. The normalized spacial score (nSPS) is 20.0. The Labute approximate surface area is 126 Å². The molecular formula is C15H26N2O4. The van der Waals surface area contributed by atoms with Crippen LogP contribution in [0.4, 0.5) is 0 Å². The molecule has 2 atom stereocenters. The van der Waals surface area contributed by atoms with Crippen molar-refractivity contribution >= 4 is 17.8 Å². The van der Waals surface area contributed by atoms with Crippen LogP contribution in [0.15, 0.2) is 0 Å². The molecule has 0 aromatic carbocycles. The molecule has 120 valence electrons. The quantitative estimate of drug-likeness (QED) is 0.771. The lowest BCUT2D eigenvalue weighted by Gasteiger charge is -2.37. The molecule has 1 rings (SSSR count). The predicted molar refractivity (Wildman–Crippen MR) is 78.4 cm³/mol. The SMILES string of the molecule is CCOC(=O)C1CCCCN1C(=O)C(NC(C)=O)C(C)C. The van der Waals surface area contributed by atoms with Gasteiger partial charge in [-0.15, -0.1) is 0 Å². The van der Waals surface area contributed by atoms with E-state index in [1.807, 2.05) is 13.8 Å². The highest BCUT2D eigenvalue weighted by molar-refractivity contribution is 5.90. The highest BCUT2D eigenvalue weighted by Gasteiger charge is 2.37. The van der Waals surface area contributed by atoms with E-state index < -0.39 is 12.1 Å². The lowest BCUT2D eigenvalue weighted by atomic mass is 9.97. The average Bonchev–Trinajstić information content (AvgIpc) is 2.44. The number of hydrogen-bond donors (Lipinski definition) is 1. The number of ether oxygens (including phenoxy) is 1. The van der Waals surface area contributed by atoms with Crippen molar-refractivity contribution in [2.24, 2.45) is 5.92 Å². The number of likely N-dealkylation sites (tertiary alicyclic amines) is 1. The van der Waals surface area contributed by atoms with Gasteiger partial charge in [0, 0.05) is 13.5 Å². The van der Waals surface area contributed by atoms with Gasteiger partial charge in [-0.3, -0.25) is 9.59 Å². The van der Waals surface area contributed by atoms with Crippen molar-refractivity contribution in [3.05, 3.63) is 0 Å². The third kappa shape index (κ3) is 4.72. The van der Waals surface area contributed by atoms with Crippen LogP contribution in [0.2, 0.25) is 0 Å². The monoisotopic (exact) mass is 298 g/mol. The average molecular weight is 298 g/mol. The molecule has 0 aromatic rings. The van der Waals surface area contributed by atoms with Gasteiger partial charge in [-0.25, -0.2) is 4.79 Å². The van der Waals surface area contributed by atoms with Crippen LogP contribution in [0.5, 0.6) is 0 Å². The van der Waals surface area contributed by atoms with Gasteiger partial charge in [-0.2, -0.15) is 0 Å². The first kappa shape index (κ1) is 17.5. The van der Waals surface area contributed by atoms with Crippen molar-refractivity contribution in [3.63, 3.8) is 0 Å². The zero-order chi connectivity index (χ0) is 16.0. The minimum atomic E-state index is -0.600. The second-order valence-corrected chi connectivity index (χ2v) is 5.72. The number of carbonyl (C=O) groups is 3. The van der Waals surface area contributed by atoms with Crippen molar-refractivity contribution in [2.75, 3.05) is 13.2 Å². The first-order valence-electron chi connectivity index (χ1n) is 7.62. The molecule has 0 radical (unpaired) electrons. The van der Waals surface area contributed by atoms with Gasteiger partial charge in [0.05, 0.1) is 6.61 Å². The Balaban J connectivity index is 2.88. The summed E-state index contributed by atoms with van der Waals surface area (Å²) < 4.78 is 5.06. The first-order chi connectivity index (χ1) is 9.88. The second kappa shape index (κ2) is 8.00. The van der Waals surface area contributed by atoms with Crippen molar-refractivity contribution in [3.8, 4) is 0 Å². The minimum absolute atomic E-state index is 0.0360. The Bertz CT molecular complexity index is 395. The van der Waals surface area contributed by atoms with Gasteiger partial charge in [0.2, 0.25) is 11.8 Å². The van der Waals surface area contributed by atoms with Gasteiger partial charge in [0.15, 0.2) is 0 Å². The van der Waals surface area contributed by atoms with E-state index in [2.05, 4.69) is 5.32 Å². The highest BCUT2D eigenvalue weighted by Crippen LogP contribution is 2.20. The van der Waals surface area contributed by atoms with E-state index in [0.717, 1.165) is 12.8 Å². The molecule has 0 aliphatic carbocycles. The molecule has 0 spiro atoms. The maximum Gasteiger partial charge on any atom is 0.328 e. The summed E-state index contributed by atoms with van der Waals surface area (Å²) in [6.07, 6.45) is 2.39. The van der Waals surface area contributed by atoms with Crippen LogP contribution in [0.3, 0.4) is 0 Å². The number of rotatable bonds is 5. The van der Waals surface area contributed by atoms with Crippen molar-refractivity contribution in [1.29, 1.82) is 0 Å². The Morgan fingerprint density at radius 3 is 2.48 bits per heavy atom. The van der Waals surface area contributed by atoms with Crippen molar-refractivity contribution < 1.29 is 19.1 Å². The molecule has 6 heteroatoms. The summed E-state index contributed by atoms with van der Waals surface area (Å²) in [5, 5.41) is 2.69. The second-order valence-electron chi connectivity index (χ2n) is 5.72. The molecule has 1 aliphatic heterocycles. The molecule has 1 N–H and O–H groups in total. The maximum absolute atomic E-state index is 12.7. The van der Waals surface area contributed by atoms with Crippen LogP contribution in [-0.2, 0) is 19.1 Å². The standard InChI is InChI=1S/C15H26N2O4/c1-5-21-15(20)12-8-6-7-9-17(12)14(19)13(10(2)3)16-11(4)18/h10,12-13H,5-9H2,1-4H3,(H,16,18). The number of piperidine rings is 1. The Hall–Kier alpha value is -1.59. The van der Waals surface area contributed by atoms with E-state index >= 15 is 0 Å². The molecule has 6 nitrogen and oxygen atoms in total. The summed E-state index contributed by atoms with van der Waals surface area (Å²) >= 11 is 0. The fraction of sp³-hybridized carbons (Fsp3) is 0.800. The lowest BCUT2D eigenvalue weighted by Crippen LogP contribution is -2.57. The van der Waals surface area contributed by atoms with E-state index in [9.17, 15) is 14.4 Å². The number of hydrogen-bond acceptors (Lipinski definition) is 4. The fourth-order valence-corrected chi connectivity index (χ4v) is 2.59. The zero-order valence-corrected chi connectivity index (χ0v) is 13.3. The summed E-state index contributed by atoms with van der Waals surface area (Å²) in [5.41, 5.74) is 0. The summed E-state index contributed by atoms with van der Waals surface area (Å²) in [6, 6.07) is -1.13. The molecule has 0 bridgehead atoms. The molecule has 2 amide bonds. The Kier molecular flexibility index (Phi) is 6.65. The molecule has 0 aromatic heterocycles. The van der Waals surface area contributed by atoms with Gasteiger partial charge in [-0.1, -0.05) is 13.8 Å². The van der Waals surface area contributed by atoms with Crippen LogP contribution in [0.25, 0.3) is 0 Å². The summed E-state index contributed by atoms with van der Waals surface area (Å²) in [4.78, 5) is 37.6. The van der Waals surface area contributed by atoms with Crippen LogP contribution in [0.1, 0.15) is 47.0 Å². The van der Waals surface area contributed by atoms with Crippen molar-refractivity contribution in [2.45, 2.75) is 59.0 Å². The molecular weight excluding hydrogens is 272 g/mol. The highest BCUT2D eigenvalue weighted by atomic mass is 16.5. The van der Waals surface area contributed by atoms with E-state index in [1.165, 1.54) is 6.92 Å². The Morgan fingerprint density at radius 1 is 1.29 bits per heavy atom. The van der Waals surface area contributed by atoms with E-state index in [1.54, 1.807) is 11.8 Å². The smallest absolute Gasteiger partial charge is 0.328 e. The van der Waals surface area contributed by atoms with Crippen LogP contribution in [-0.4, -0.2) is 47.9 Å². The summed E-state index contributed by atoms with van der Waals surface area (Å²) in [6.45, 7) is 7.73. The molecule has 2 unspecified atom stereocenters. The van der Waals surface area contributed by atoms with Gasteiger partial charge in [0.25, 0.3) is 0 Å². The van der Waals surface area contributed by atoms with Crippen LogP contribution in [0, 0.1) is 5.92 Å². The van der Waals surface area contributed by atoms with E-state index in [0.29, 0.717) is 19.6 Å². The van der Waals surface area contributed by atoms with Gasteiger partial charge in [0.1, 0.15) is 12.1 Å². The molecule has 0 saturated carbocycles. The molecule has 1 aliphatic rings. The van der Waals surface area contributed by atoms with Gasteiger partial charge < -0.3 is 15.0 Å². The lowest BCUT2D eigenvalue weighted by molar-refractivity contribution is -0.158. The largest absolute Gasteiger partial charge is 0.464 e. The number of nitrogens with zero attached hydrogens (tertiary/aromatic N) is 1. The van der Waals surface area contributed by atoms with Gasteiger partial charge in [-0.05, 0) is 32.1 Å². The van der Waals surface area contributed by atoms with Gasteiger partial charge >= 0.3 is 5.97 Å². The minimum Gasteiger partial charge on any atom is -0.464 e. The summed E-state index contributed by atoms with van der Waals surface area (Å²) in [7, 11) is 0. The van der Waals surface area contributed by atoms with Crippen molar-refractivity contribution in [1.82, 2.24) is 10.2 Å². The number of nitrogens with one attached hydrogen (secondary N) is 1. The molecule has 1 saturated heterocycles. The van der Waals surface area contributed by atoms with E-state index in [-0.39, 0.29) is 23.7 Å². The van der Waals surface area contributed by atoms with Crippen LogP contribution >= 0.6 is 0 Å². The molecule has 21 heavy (non-hydrogen) atoms. The third-order valence-electron chi connectivity index (χ3n) is 3.64. The zero-order valence-electron chi connectivity index (χ0n) is 13.3. The summed E-state index contributed by atoms with van der Waals surface area (Å²) in [5.74, 6) is -0.827. The first-order valence-corrected chi connectivity index (χ1v) is 7.62. The topological polar surface area (TPSA) is 75.7 Å². The van der Waals surface area contributed by atoms with Crippen LogP contribution < -0.4 is 5.32 Å². The fourth-order valence-electron chi connectivity index (χ4n) is 2.59. The third-order valence-corrected chi connectivity index (χ3v) is 3.64. The van der Waals surface area contributed by atoms with E-state index in [4.69, 9.17) is 4.74 Å². The predicted octanol–water partition coefficient (Wildman–Crippen LogP) is 1.09. The number of carbonyl (C=O) groups excluding carboxylic acids is 3. The Morgan fingerprint density at radius 2 is 1.95 bits per heavy atom. The molecule has 1 fully saturated rings.